The first-order valence-corrected chi connectivity index (χ1v) is 5.26. The summed E-state index contributed by atoms with van der Waals surface area (Å²) >= 11 is 0. The van der Waals surface area contributed by atoms with Crippen LogP contribution in [0.2, 0.25) is 0 Å². The molecule has 1 N–H and O–H groups in total. The van der Waals surface area contributed by atoms with Gasteiger partial charge in [0.1, 0.15) is 0 Å². The lowest BCUT2D eigenvalue weighted by molar-refractivity contribution is 0.0697. The summed E-state index contributed by atoms with van der Waals surface area (Å²) < 4.78 is 0. The molecular formula is C12H15NO2. The molecule has 0 fully saturated rings. The molecule has 2 rings (SSSR count). The van der Waals surface area contributed by atoms with Crippen LogP contribution in [0.15, 0.2) is 18.2 Å². The molecule has 0 amide bonds. The van der Waals surface area contributed by atoms with E-state index in [9.17, 15) is 4.79 Å². The van der Waals surface area contributed by atoms with Crippen LogP contribution in [0.25, 0.3) is 0 Å². The molecule has 1 aliphatic rings. The van der Waals surface area contributed by atoms with Crippen molar-refractivity contribution in [2.24, 2.45) is 0 Å². The Morgan fingerprint density at radius 3 is 2.93 bits per heavy atom. The number of anilines is 1. The Bertz CT molecular complexity index is 401. The third-order valence-corrected chi connectivity index (χ3v) is 3.03. The van der Waals surface area contributed by atoms with Gasteiger partial charge in [0, 0.05) is 18.3 Å². The summed E-state index contributed by atoms with van der Waals surface area (Å²) in [6.07, 6.45) is 1.02. The van der Waals surface area contributed by atoms with Crippen LogP contribution in [0.3, 0.4) is 0 Å². The SMILES string of the molecule is CCN1c2cc(C(=O)O)ccc2CC1C. The second-order valence-corrected chi connectivity index (χ2v) is 3.99. The summed E-state index contributed by atoms with van der Waals surface area (Å²) in [5, 5.41) is 8.92. The highest BCUT2D eigenvalue weighted by Gasteiger charge is 2.25. The fourth-order valence-corrected chi connectivity index (χ4v) is 2.28. The third kappa shape index (κ3) is 1.58. The maximum atomic E-state index is 10.9. The van der Waals surface area contributed by atoms with Crippen molar-refractivity contribution in [3.05, 3.63) is 29.3 Å². The van der Waals surface area contributed by atoms with E-state index < -0.39 is 5.97 Å². The van der Waals surface area contributed by atoms with Gasteiger partial charge in [-0.2, -0.15) is 0 Å². The topological polar surface area (TPSA) is 40.5 Å². The molecule has 15 heavy (non-hydrogen) atoms. The van der Waals surface area contributed by atoms with Crippen molar-refractivity contribution in [2.45, 2.75) is 26.3 Å². The van der Waals surface area contributed by atoms with Gasteiger partial charge in [-0.15, -0.1) is 0 Å². The number of carbonyl (C=O) groups is 1. The number of hydrogen-bond acceptors (Lipinski definition) is 2. The number of hydrogen-bond donors (Lipinski definition) is 1. The Balaban J connectivity index is 2.44. The van der Waals surface area contributed by atoms with E-state index in [4.69, 9.17) is 5.11 Å². The Kier molecular flexibility index (Phi) is 2.39. The van der Waals surface area contributed by atoms with Crippen LogP contribution < -0.4 is 4.90 Å². The van der Waals surface area contributed by atoms with E-state index in [1.807, 2.05) is 6.07 Å². The van der Waals surface area contributed by atoms with Gasteiger partial charge in [-0.1, -0.05) is 6.07 Å². The van der Waals surface area contributed by atoms with Gasteiger partial charge in [0.25, 0.3) is 0 Å². The number of benzene rings is 1. The Hall–Kier alpha value is -1.51. The molecule has 80 valence electrons. The largest absolute Gasteiger partial charge is 0.478 e. The van der Waals surface area contributed by atoms with Gasteiger partial charge < -0.3 is 10.0 Å². The highest BCUT2D eigenvalue weighted by molar-refractivity contribution is 5.89. The standard InChI is InChI=1S/C12H15NO2/c1-3-13-8(2)6-9-4-5-10(12(14)15)7-11(9)13/h4-5,7-8H,3,6H2,1-2H3,(H,14,15). The number of fused-ring (bicyclic) bond motifs is 1. The minimum atomic E-state index is -0.853. The van der Waals surface area contributed by atoms with E-state index in [2.05, 4.69) is 18.7 Å². The van der Waals surface area contributed by atoms with Crippen LogP contribution >= 0.6 is 0 Å². The molecule has 3 nitrogen and oxygen atoms in total. The van der Waals surface area contributed by atoms with Crippen molar-refractivity contribution >= 4 is 11.7 Å². The van der Waals surface area contributed by atoms with E-state index in [0.717, 1.165) is 18.7 Å². The average molecular weight is 205 g/mol. The minimum absolute atomic E-state index is 0.376. The van der Waals surface area contributed by atoms with E-state index in [1.54, 1.807) is 12.1 Å². The summed E-state index contributed by atoms with van der Waals surface area (Å²) in [6.45, 7) is 5.19. The molecule has 0 aliphatic carbocycles. The van der Waals surface area contributed by atoms with Gasteiger partial charge in [-0.05, 0) is 38.0 Å². The van der Waals surface area contributed by atoms with Crippen LogP contribution in [0.1, 0.15) is 29.8 Å². The predicted octanol–water partition coefficient (Wildman–Crippen LogP) is 2.16. The van der Waals surface area contributed by atoms with E-state index in [-0.39, 0.29) is 0 Å². The maximum Gasteiger partial charge on any atom is 0.335 e. The van der Waals surface area contributed by atoms with Gasteiger partial charge in [0.05, 0.1) is 5.56 Å². The molecule has 0 aromatic heterocycles. The second kappa shape index (κ2) is 3.57. The van der Waals surface area contributed by atoms with Crippen LogP contribution in [-0.2, 0) is 6.42 Å². The lowest BCUT2D eigenvalue weighted by atomic mass is 10.1. The van der Waals surface area contributed by atoms with Crippen molar-refractivity contribution in [3.8, 4) is 0 Å². The molecule has 0 saturated carbocycles. The summed E-state index contributed by atoms with van der Waals surface area (Å²) in [4.78, 5) is 13.1. The second-order valence-electron chi connectivity index (χ2n) is 3.99. The van der Waals surface area contributed by atoms with Crippen molar-refractivity contribution in [2.75, 3.05) is 11.4 Å². The van der Waals surface area contributed by atoms with Gasteiger partial charge in [0.2, 0.25) is 0 Å². The van der Waals surface area contributed by atoms with Crippen LogP contribution in [0, 0.1) is 0 Å². The van der Waals surface area contributed by atoms with E-state index in [1.165, 1.54) is 5.56 Å². The first-order chi connectivity index (χ1) is 7.13. The highest BCUT2D eigenvalue weighted by atomic mass is 16.4. The first kappa shape index (κ1) is 10.0. The van der Waals surface area contributed by atoms with Gasteiger partial charge in [0.15, 0.2) is 0 Å². The van der Waals surface area contributed by atoms with Crippen molar-refractivity contribution < 1.29 is 9.90 Å². The summed E-state index contributed by atoms with van der Waals surface area (Å²) in [6, 6.07) is 5.89. The Labute approximate surface area is 89.3 Å². The van der Waals surface area contributed by atoms with Crippen molar-refractivity contribution in [3.63, 3.8) is 0 Å². The Morgan fingerprint density at radius 1 is 1.60 bits per heavy atom. The maximum absolute atomic E-state index is 10.9. The van der Waals surface area contributed by atoms with Crippen LogP contribution in [-0.4, -0.2) is 23.7 Å². The van der Waals surface area contributed by atoms with Crippen LogP contribution in [0.5, 0.6) is 0 Å². The van der Waals surface area contributed by atoms with Crippen LogP contribution in [0.4, 0.5) is 5.69 Å². The van der Waals surface area contributed by atoms with Gasteiger partial charge in [-0.3, -0.25) is 0 Å². The monoisotopic (exact) mass is 205 g/mol. The molecule has 1 aromatic rings. The summed E-state index contributed by atoms with van der Waals surface area (Å²) in [5.74, 6) is -0.853. The number of nitrogens with zero attached hydrogens (tertiary/aromatic N) is 1. The lowest BCUT2D eigenvalue weighted by Gasteiger charge is -2.22. The molecule has 0 bridgehead atoms. The highest BCUT2D eigenvalue weighted by Crippen LogP contribution is 2.32. The predicted molar refractivity (Wildman–Crippen MR) is 59.6 cm³/mol. The van der Waals surface area contributed by atoms with E-state index >= 15 is 0 Å². The molecule has 1 unspecified atom stereocenters. The first-order valence-electron chi connectivity index (χ1n) is 5.26. The molecule has 1 aromatic carbocycles. The third-order valence-electron chi connectivity index (χ3n) is 3.03. The number of aromatic carboxylic acids is 1. The van der Waals surface area contributed by atoms with Crippen molar-refractivity contribution in [1.82, 2.24) is 0 Å². The molecule has 3 heteroatoms. The molecular weight excluding hydrogens is 190 g/mol. The summed E-state index contributed by atoms with van der Waals surface area (Å²) in [7, 11) is 0. The van der Waals surface area contributed by atoms with E-state index in [0.29, 0.717) is 11.6 Å². The average Bonchev–Trinajstić information content (AvgIpc) is 2.51. The number of carboxylic acid groups (broad SMARTS) is 1. The number of likely N-dealkylation sites (N-methyl/N-ethyl adjacent to an activating group) is 1. The Morgan fingerprint density at radius 2 is 2.33 bits per heavy atom. The van der Waals surface area contributed by atoms with Gasteiger partial charge in [-0.25, -0.2) is 4.79 Å². The summed E-state index contributed by atoms with van der Waals surface area (Å²) in [5.41, 5.74) is 2.72. The zero-order valence-electron chi connectivity index (χ0n) is 9.03. The molecule has 1 aliphatic heterocycles. The quantitative estimate of drug-likeness (QED) is 0.804. The smallest absolute Gasteiger partial charge is 0.335 e. The lowest BCUT2D eigenvalue weighted by Crippen LogP contribution is -2.28. The molecule has 1 heterocycles. The number of carboxylic acids is 1. The van der Waals surface area contributed by atoms with Crippen molar-refractivity contribution in [1.29, 1.82) is 0 Å². The molecule has 0 spiro atoms. The normalized spacial score (nSPS) is 19.1. The zero-order chi connectivity index (χ0) is 11.0. The molecule has 0 radical (unpaired) electrons. The fraction of sp³-hybridized carbons (Fsp3) is 0.417. The zero-order valence-corrected chi connectivity index (χ0v) is 9.03. The van der Waals surface area contributed by atoms with Gasteiger partial charge >= 0.3 is 5.97 Å². The number of rotatable bonds is 2. The molecule has 0 saturated heterocycles. The molecule has 1 atom stereocenters. The fourth-order valence-electron chi connectivity index (χ4n) is 2.28. The minimum Gasteiger partial charge on any atom is -0.478 e.